The molecule has 1 fully saturated rings. The minimum absolute atomic E-state index is 0.435. The van der Waals surface area contributed by atoms with E-state index >= 15 is 0 Å². The van der Waals surface area contributed by atoms with Crippen molar-refractivity contribution in [2.24, 2.45) is 11.3 Å². The largest absolute Gasteiger partial charge is 0.316 e. The Hall–Kier alpha value is -0.250. The summed E-state index contributed by atoms with van der Waals surface area (Å²) in [4.78, 5) is 4.45. The summed E-state index contributed by atoms with van der Waals surface area (Å²) in [7, 11) is 2.08. The van der Waals surface area contributed by atoms with Crippen molar-refractivity contribution < 1.29 is 0 Å². The van der Waals surface area contributed by atoms with Crippen LogP contribution < -0.4 is 5.32 Å². The minimum atomic E-state index is 0.435. The molecule has 1 heterocycles. The monoisotopic (exact) mass is 326 g/mol. The van der Waals surface area contributed by atoms with E-state index in [1.807, 2.05) is 23.9 Å². The Bertz CT molecular complexity index is 447. The lowest BCUT2D eigenvalue weighted by Crippen LogP contribution is -2.43. The zero-order valence-corrected chi connectivity index (χ0v) is 15.1. The number of pyridine rings is 1. The van der Waals surface area contributed by atoms with Crippen LogP contribution in [0.25, 0.3) is 0 Å². The van der Waals surface area contributed by atoms with Crippen LogP contribution in [0.15, 0.2) is 23.4 Å². The maximum Gasteiger partial charge on any atom is 0.0964 e. The Morgan fingerprint density at radius 3 is 2.71 bits per heavy atom. The third-order valence-electron chi connectivity index (χ3n) is 5.15. The Labute approximate surface area is 138 Å². The van der Waals surface area contributed by atoms with Gasteiger partial charge in [-0.2, -0.15) is 0 Å². The third kappa shape index (κ3) is 4.37. The molecule has 0 radical (unpaired) electrons. The molecule has 2 nitrogen and oxygen atoms in total. The Morgan fingerprint density at radius 2 is 2.14 bits per heavy atom. The SMILES string of the molecule is CCC(C)(C)C1CCC(NC)C(Sc2ccc(Cl)cn2)C1. The van der Waals surface area contributed by atoms with Crippen molar-refractivity contribution in [2.75, 3.05) is 7.05 Å². The molecule has 0 saturated heterocycles. The minimum Gasteiger partial charge on any atom is -0.316 e. The average Bonchev–Trinajstić information content (AvgIpc) is 2.49. The highest BCUT2D eigenvalue weighted by Gasteiger charge is 2.37. The number of nitrogens with zero attached hydrogens (tertiary/aromatic N) is 1. The lowest BCUT2D eigenvalue weighted by atomic mass is 9.68. The van der Waals surface area contributed by atoms with Gasteiger partial charge < -0.3 is 5.32 Å². The third-order valence-corrected chi connectivity index (χ3v) is 6.68. The van der Waals surface area contributed by atoms with Gasteiger partial charge in [-0.15, -0.1) is 11.8 Å². The molecule has 3 atom stereocenters. The molecule has 0 spiro atoms. The van der Waals surface area contributed by atoms with Gasteiger partial charge in [0, 0.05) is 17.5 Å². The van der Waals surface area contributed by atoms with Crippen LogP contribution in [0.1, 0.15) is 46.5 Å². The van der Waals surface area contributed by atoms with Crippen LogP contribution in [0, 0.1) is 11.3 Å². The first kappa shape index (κ1) is 17.1. The van der Waals surface area contributed by atoms with Crippen LogP contribution >= 0.6 is 23.4 Å². The molecule has 0 amide bonds. The first-order valence-corrected chi connectivity index (χ1v) is 9.17. The first-order chi connectivity index (χ1) is 9.96. The van der Waals surface area contributed by atoms with Gasteiger partial charge in [-0.1, -0.05) is 38.8 Å². The average molecular weight is 327 g/mol. The number of rotatable bonds is 5. The lowest BCUT2D eigenvalue weighted by Gasteiger charge is -2.42. The molecule has 1 aromatic rings. The Morgan fingerprint density at radius 1 is 1.38 bits per heavy atom. The van der Waals surface area contributed by atoms with E-state index in [2.05, 4.69) is 38.1 Å². The van der Waals surface area contributed by atoms with E-state index in [9.17, 15) is 0 Å². The fourth-order valence-corrected chi connectivity index (χ4v) is 4.62. The van der Waals surface area contributed by atoms with Gasteiger partial charge in [0.2, 0.25) is 0 Å². The standard InChI is InChI=1S/C17H27ClN2S/c1-5-17(2,3)12-6-8-14(19-4)15(10-12)21-16-9-7-13(18)11-20-16/h7,9,11-12,14-15,19H,5-6,8,10H2,1-4H3. The summed E-state index contributed by atoms with van der Waals surface area (Å²) in [6.07, 6.45) is 6.85. The normalized spacial score (nSPS) is 26.8. The summed E-state index contributed by atoms with van der Waals surface area (Å²) >= 11 is 7.83. The number of nitrogens with one attached hydrogen (secondary N) is 1. The van der Waals surface area contributed by atoms with Crippen LogP contribution in [0.3, 0.4) is 0 Å². The molecule has 118 valence electrons. The number of thioether (sulfide) groups is 1. The lowest BCUT2D eigenvalue weighted by molar-refractivity contribution is 0.142. The molecular formula is C17H27ClN2S. The molecule has 1 N–H and O–H groups in total. The van der Waals surface area contributed by atoms with Gasteiger partial charge in [0.1, 0.15) is 0 Å². The van der Waals surface area contributed by atoms with Crippen LogP contribution in [0.4, 0.5) is 0 Å². The first-order valence-electron chi connectivity index (χ1n) is 7.91. The number of aromatic nitrogens is 1. The molecule has 3 unspecified atom stereocenters. The molecule has 1 aliphatic carbocycles. The van der Waals surface area contributed by atoms with Crippen molar-refractivity contribution in [1.82, 2.24) is 10.3 Å². The van der Waals surface area contributed by atoms with Gasteiger partial charge in [-0.3, -0.25) is 0 Å². The van der Waals surface area contributed by atoms with Crippen molar-refractivity contribution in [3.8, 4) is 0 Å². The van der Waals surface area contributed by atoms with Crippen LogP contribution in [-0.2, 0) is 0 Å². The fourth-order valence-electron chi connectivity index (χ4n) is 3.18. The van der Waals surface area contributed by atoms with Gasteiger partial charge in [0.05, 0.1) is 10.0 Å². The van der Waals surface area contributed by atoms with E-state index in [0.29, 0.717) is 21.7 Å². The highest BCUT2D eigenvalue weighted by molar-refractivity contribution is 7.99. The maximum absolute atomic E-state index is 5.93. The Balaban J connectivity index is 2.08. The molecule has 1 aromatic heterocycles. The van der Waals surface area contributed by atoms with Gasteiger partial charge in [0.15, 0.2) is 0 Å². The van der Waals surface area contributed by atoms with Crippen molar-refractivity contribution in [3.05, 3.63) is 23.4 Å². The predicted molar refractivity (Wildman–Crippen MR) is 93.2 cm³/mol. The van der Waals surface area contributed by atoms with E-state index in [1.54, 1.807) is 6.20 Å². The molecule has 1 saturated carbocycles. The van der Waals surface area contributed by atoms with Crippen LogP contribution in [0.2, 0.25) is 5.02 Å². The Kier molecular flexibility index (Phi) is 5.98. The second kappa shape index (κ2) is 7.34. The molecule has 21 heavy (non-hydrogen) atoms. The van der Waals surface area contributed by atoms with E-state index in [1.165, 1.54) is 25.7 Å². The topological polar surface area (TPSA) is 24.9 Å². The van der Waals surface area contributed by atoms with Crippen LogP contribution in [-0.4, -0.2) is 23.3 Å². The summed E-state index contributed by atoms with van der Waals surface area (Å²) in [5.41, 5.74) is 0.435. The summed E-state index contributed by atoms with van der Waals surface area (Å²) in [5, 5.41) is 5.88. The van der Waals surface area contributed by atoms with Crippen molar-refractivity contribution in [3.63, 3.8) is 0 Å². The summed E-state index contributed by atoms with van der Waals surface area (Å²) in [6.45, 7) is 7.15. The second-order valence-corrected chi connectivity index (χ2v) is 8.41. The van der Waals surface area contributed by atoms with Gasteiger partial charge in [0.25, 0.3) is 0 Å². The van der Waals surface area contributed by atoms with E-state index in [0.717, 1.165) is 10.9 Å². The number of halogens is 1. The summed E-state index contributed by atoms with van der Waals surface area (Å²) in [6, 6.07) is 4.55. The molecule has 4 heteroatoms. The zero-order valence-electron chi connectivity index (χ0n) is 13.5. The number of hydrogen-bond donors (Lipinski definition) is 1. The molecule has 2 rings (SSSR count). The van der Waals surface area contributed by atoms with Crippen molar-refractivity contribution >= 4 is 23.4 Å². The highest BCUT2D eigenvalue weighted by atomic mass is 35.5. The van der Waals surface area contributed by atoms with Gasteiger partial charge >= 0.3 is 0 Å². The van der Waals surface area contributed by atoms with E-state index < -0.39 is 0 Å². The molecule has 0 aliphatic heterocycles. The van der Waals surface area contributed by atoms with Crippen LogP contribution in [0.5, 0.6) is 0 Å². The number of hydrogen-bond acceptors (Lipinski definition) is 3. The van der Waals surface area contributed by atoms with Gasteiger partial charge in [-0.05, 0) is 49.8 Å². The summed E-state index contributed by atoms with van der Waals surface area (Å²) < 4.78 is 0. The summed E-state index contributed by atoms with van der Waals surface area (Å²) in [5.74, 6) is 0.803. The van der Waals surface area contributed by atoms with E-state index in [-0.39, 0.29) is 0 Å². The van der Waals surface area contributed by atoms with Crippen molar-refractivity contribution in [2.45, 2.75) is 62.8 Å². The predicted octanol–water partition coefficient (Wildman–Crippen LogP) is 5.02. The zero-order chi connectivity index (χ0) is 15.5. The quantitative estimate of drug-likeness (QED) is 0.822. The fraction of sp³-hybridized carbons (Fsp3) is 0.706. The smallest absolute Gasteiger partial charge is 0.0964 e. The molecular weight excluding hydrogens is 300 g/mol. The second-order valence-electron chi connectivity index (χ2n) is 6.72. The highest BCUT2D eigenvalue weighted by Crippen LogP contribution is 2.44. The molecule has 1 aliphatic rings. The maximum atomic E-state index is 5.93. The molecule has 0 aromatic carbocycles. The van der Waals surface area contributed by atoms with E-state index in [4.69, 9.17) is 11.6 Å². The van der Waals surface area contributed by atoms with Gasteiger partial charge in [-0.25, -0.2) is 4.98 Å². The van der Waals surface area contributed by atoms with Crippen molar-refractivity contribution in [1.29, 1.82) is 0 Å². The molecule has 0 bridgehead atoms.